The first-order valence-corrected chi connectivity index (χ1v) is 5.95. The Morgan fingerprint density at radius 3 is 3.00 bits per heavy atom. The van der Waals surface area contributed by atoms with Gasteiger partial charge in [-0.25, -0.2) is 4.39 Å². The van der Waals surface area contributed by atoms with Crippen LogP contribution < -0.4 is 10.6 Å². The zero-order valence-corrected chi connectivity index (χ0v) is 10.3. The van der Waals surface area contributed by atoms with Crippen molar-refractivity contribution in [2.24, 2.45) is 0 Å². The zero-order chi connectivity index (χ0) is 13.1. The van der Waals surface area contributed by atoms with E-state index in [1.54, 1.807) is 0 Å². The summed E-state index contributed by atoms with van der Waals surface area (Å²) in [5, 5.41) is 5.53. The molecule has 1 aromatic rings. The van der Waals surface area contributed by atoms with Gasteiger partial charge >= 0.3 is 0 Å². The van der Waals surface area contributed by atoms with Crippen LogP contribution in [0.25, 0.3) is 0 Å². The molecule has 0 spiro atoms. The minimum absolute atomic E-state index is 0.0532. The molecule has 0 aliphatic carbocycles. The van der Waals surface area contributed by atoms with Gasteiger partial charge in [0, 0.05) is 23.6 Å². The van der Waals surface area contributed by atoms with Crippen LogP contribution in [0.15, 0.2) is 18.2 Å². The van der Waals surface area contributed by atoms with Gasteiger partial charge in [0.25, 0.3) is 0 Å². The van der Waals surface area contributed by atoms with E-state index in [4.69, 9.17) is 11.6 Å². The highest BCUT2D eigenvalue weighted by Crippen LogP contribution is 2.15. The van der Waals surface area contributed by atoms with E-state index in [2.05, 4.69) is 10.6 Å². The summed E-state index contributed by atoms with van der Waals surface area (Å²) in [6.07, 6.45) is 0.826. The quantitative estimate of drug-likeness (QED) is 0.872. The standard InChI is InChI=1S/C12H12ClFN2O2/c13-8-1-2-9(14)7(5-8)6-15-12(18)10-3-4-11(17)16-10/h1-2,5,10H,3-4,6H2,(H,15,18)(H,16,17). The lowest BCUT2D eigenvalue weighted by molar-refractivity contribution is -0.125. The van der Waals surface area contributed by atoms with Crippen LogP contribution in [0.4, 0.5) is 4.39 Å². The van der Waals surface area contributed by atoms with Crippen LogP contribution >= 0.6 is 11.6 Å². The maximum absolute atomic E-state index is 13.4. The van der Waals surface area contributed by atoms with Gasteiger partial charge in [0.15, 0.2) is 0 Å². The van der Waals surface area contributed by atoms with Crippen LogP contribution in [0.3, 0.4) is 0 Å². The Morgan fingerprint density at radius 1 is 1.56 bits per heavy atom. The van der Waals surface area contributed by atoms with Crippen molar-refractivity contribution in [1.29, 1.82) is 0 Å². The summed E-state index contributed by atoms with van der Waals surface area (Å²) < 4.78 is 13.4. The average molecular weight is 271 g/mol. The molecule has 2 N–H and O–H groups in total. The molecule has 0 bridgehead atoms. The number of carbonyl (C=O) groups is 2. The van der Waals surface area contributed by atoms with E-state index >= 15 is 0 Å². The number of nitrogens with one attached hydrogen (secondary N) is 2. The minimum Gasteiger partial charge on any atom is -0.350 e. The van der Waals surface area contributed by atoms with Crippen molar-refractivity contribution < 1.29 is 14.0 Å². The van der Waals surface area contributed by atoms with E-state index in [1.165, 1.54) is 18.2 Å². The number of benzene rings is 1. The van der Waals surface area contributed by atoms with E-state index in [9.17, 15) is 14.0 Å². The summed E-state index contributed by atoms with van der Waals surface area (Å²) in [7, 11) is 0. The zero-order valence-electron chi connectivity index (χ0n) is 9.50. The van der Waals surface area contributed by atoms with Gasteiger partial charge in [0.1, 0.15) is 11.9 Å². The van der Waals surface area contributed by atoms with Crippen molar-refractivity contribution >= 4 is 23.4 Å². The Bertz CT molecular complexity index is 493. The monoisotopic (exact) mass is 270 g/mol. The molecular weight excluding hydrogens is 259 g/mol. The number of hydrogen-bond acceptors (Lipinski definition) is 2. The lowest BCUT2D eigenvalue weighted by Gasteiger charge is -2.11. The van der Waals surface area contributed by atoms with Gasteiger partial charge < -0.3 is 10.6 Å². The summed E-state index contributed by atoms with van der Waals surface area (Å²) in [4.78, 5) is 22.6. The van der Waals surface area contributed by atoms with E-state index in [-0.39, 0.29) is 18.4 Å². The van der Waals surface area contributed by atoms with Crippen LogP contribution in [0, 0.1) is 5.82 Å². The fourth-order valence-corrected chi connectivity index (χ4v) is 1.99. The predicted molar refractivity (Wildman–Crippen MR) is 64.4 cm³/mol. The average Bonchev–Trinajstić information content (AvgIpc) is 2.77. The van der Waals surface area contributed by atoms with Crippen molar-refractivity contribution in [1.82, 2.24) is 10.6 Å². The normalized spacial score (nSPS) is 18.6. The van der Waals surface area contributed by atoms with Crippen LogP contribution in [-0.4, -0.2) is 17.9 Å². The highest BCUT2D eigenvalue weighted by molar-refractivity contribution is 6.30. The summed E-state index contributed by atoms with van der Waals surface area (Å²) >= 11 is 5.74. The highest BCUT2D eigenvalue weighted by Gasteiger charge is 2.26. The first-order valence-electron chi connectivity index (χ1n) is 5.57. The molecule has 1 aromatic carbocycles. The van der Waals surface area contributed by atoms with Gasteiger partial charge in [0.2, 0.25) is 11.8 Å². The van der Waals surface area contributed by atoms with E-state index in [0.29, 0.717) is 23.4 Å². The van der Waals surface area contributed by atoms with Crippen LogP contribution in [0.2, 0.25) is 5.02 Å². The first-order chi connectivity index (χ1) is 8.56. The second-order valence-electron chi connectivity index (χ2n) is 4.11. The summed E-state index contributed by atoms with van der Waals surface area (Å²) in [5.41, 5.74) is 0.320. The molecule has 1 saturated heterocycles. The maximum atomic E-state index is 13.4. The van der Waals surface area contributed by atoms with E-state index < -0.39 is 11.9 Å². The van der Waals surface area contributed by atoms with Crippen molar-refractivity contribution in [3.05, 3.63) is 34.6 Å². The van der Waals surface area contributed by atoms with Gasteiger partial charge in [-0.15, -0.1) is 0 Å². The molecule has 1 aliphatic heterocycles. The topological polar surface area (TPSA) is 58.2 Å². The van der Waals surface area contributed by atoms with E-state index in [0.717, 1.165) is 0 Å². The van der Waals surface area contributed by atoms with E-state index in [1.807, 2.05) is 0 Å². The maximum Gasteiger partial charge on any atom is 0.242 e. The lowest BCUT2D eigenvalue weighted by Crippen LogP contribution is -2.41. The Morgan fingerprint density at radius 2 is 2.33 bits per heavy atom. The molecule has 6 heteroatoms. The van der Waals surface area contributed by atoms with Crippen molar-refractivity contribution in [3.8, 4) is 0 Å². The molecule has 1 fully saturated rings. The van der Waals surface area contributed by atoms with Gasteiger partial charge in [-0.05, 0) is 24.6 Å². The molecule has 18 heavy (non-hydrogen) atoms. The molecule has 0 aromatic heterocycles. The summed E-state index contributed by atoms with van der Waals surface area (Å²) in [6.45, 7) is 0.0532. The van der Waals surface area contributed by atoms with Crippen LogP contribution in [0.5, 0.6) is 0 Å². The molecule has 0 saturated carbocycles. The smallest absolute Gasteiger partial charge is 0.242 e. The highest BCUT2D eigenvalue weighted by atomic mass is 35.5. The molecule has 2 amide bonds. The van der Waals surface area contributed by atoms with Gasteiger partial charge in [0.05, 0.1) is 0 Å². The van der Waals surface area contributed by atoms with Gasteiger partial charge in [-0.2, -0.15) is 0 Å². The molecule has 1 heterocycles. The number of halogens is 2. The number of hydrogen-bond donors (Lipinski definition) is 2. The number of carbonyl (C=O) groups excluding carboxylic acids is 2. The molecule has 96 valence electrons. The Balaban J connectivity index is 1.93. The second-order valence-corrected chi connectivity index (χ2v) is 4.55. The predicted octanol–water partition coefficient (Wildman–Crippen LogP) is 1.37. The minimum atomic E-state index is -0.514. The largest absolute Gasteiger partial charge is 0.350 e. The van der Waals surface area contributed by atoms with Crippen molar-refractivity contribution in [2.75, 3.05) is 0 Å². The summed E-state index contributed by atoms with van der Waals surface area (Å²) in [5.74, 6) is -0.862. The molecule has 4 nitrogen and oxygen atoms in total. The molecule has 1 atom stereocenters. The molecule has 2 rings (SSSR count). The second kappa shape index (κ2) is 5.35. The molecule has 0 radical (unpaired) electrons. The van der Waals surface area contributed by atoms with Crippen molar-refractivity contribution in [2.45, 2.75) is 25.4 Å². The van der Waals surface area contributed by atoms with Crippen LogP contribution in [0.1, 0.15) is 18.4 Å². The number of amides is 2. The SMILES string of the molecule is O=C1CCC(C(=O)NCc2cc(Cl)ccc2F)N1. The Labute approximate surface area is 109 Å². The van der Waals surface area contributed by atoms with Gasteiger partial charge in [-0.1, -0.05) is 11.6 Å². The van der Waals surface area contributed by atoms with Gasteiger partial charge in [-0.3, -0.25) is 9.59 Å². The molecular formula is C12H12ClFN2O2. The first kappa shape index (κ1) is 12.8. The third-order valence-corrected chi connectivity index (χ3v) is 3.01. The van der Waals surface area contributed by atoms with Crippen LogP contribution in [-0.2, 0) is 16.1 Å². The fourth-order valence-electron chi connectivity index (χ4n) is 1.80. The number of rotatable bonds is 3. The molecule has 1 unspecified atom stereocenters. The molecule has 1 aliphatic rings. The lowest BCUT2D eigenvalue weighted by atomic mass is 10.2. The summed E-state index contributed by atoms with van der Waals surface area (Å²) in [6, 6.07) is 3.64. The third kappa shape index (κ3) is 2.98. The Hall–Kier alpha value is -1.62. The Kier molecular flexibility index (Phi) is 3.81. The third-order valence-electron chi connectivity index (χ3n) is 2.77. The van der Waals surface area contributed by atoms with Crippen molar-refractivity contribution in [3.63, 3.8) is 0 Å². The fraction of sp³-hybridized carbons (Fsp3) is 0.333.